The standard InChI is InChI=1S/C17H28N4S/c1-12-8-13(2)11-21(10-12)15-7-6-14(9-18-15)19-16(22)20-17(3,4)5/h6-7,9,12-13H,8,10-11H2,1-5H3,(H2,19,20,22)/t12-,13+. The largest absolute Gasteiger partial charge is 0.358 e. The van der Waals surface area contributed by atoms with Crippen molar-refractivity contribution >= 4 is 28.8 Å². The fraction of sp³-hybridized carbons (Fsp3) is 0.647. The lowest BCUT2D eigenvalue weighted by molar-refractivity contribution is 0.355. The summed E-state index contributed by atoms with van der Waals surface area (Å²) >= 11 is 5.31. The molecule has 2 atom stereocenters. The molecule has 4 nitrogen and oxygen atoms in total. The molecule has 2 N–H and O–H groups in total. The second kappa shape index (κ2) is 6.82. The van der Waals surface area contributed by atoms with Gasteiger partial charge >= 0.3 is 0 Å². The Hall–Kier alpha value is -1.36. The third kappa shape index (κ3) is 5.13. The summed E-state index contributed by atoms with van der Waals surface area (Å²) in [7, 11) is 0. The number of piperidine rings is 1. The summed E-state index contributed by atoms with van der Waals surface area (Å²) in [5, 5.41) is 7.05. The first-order chi connectivity index (χ1) is 10.2. The Morgan fingerprint density at radius 1 is 1.23 bits per heavy atom. The molecule has 1 aliphatic heterocycles. The fourth-order valence-electron chi connectivity index (χ4n) is 3.00. The average Bonchev–Trinajstić information content (AvgIpc) is 2.36. The SMILES string of the molecule is C[C@@H]1C[C@H](C)CN(c2ccc(NC(=S)NC(C)(C)C)cn2)C1. The highest BCUT2D eigenvalue weighted by Gasteiger charge is 2.22. The number of anilines is 2. The van der Waals surface area contributed by atoms with Gasteiger partial charge in [-0.05, 0) is 63.4 Å². The summed E-state index contributed by atoms with van der Waals surface area (Å²) in [6.07, 6.45) is 3.17. The molecule has 1 aliphatic rings. The molecule has 2 heterocycles. The minimum atomic E-state index is -0.0441. The van der Waals surface area contributed by atoms with Gasteiger partial charge < -0.3 is 15.5 Å². The molecule has 0 bridgehead atoms. The molecule has 0 aromatic carbocycles. The van der Waals surface area contributed by atoms with Gasteiger partial charge in [-0.2, -0.15) is 0 Å². The van der Waals surface area contributed by atoms with Crippen LogP contribution in [0.25, 0.3) is 0 Å². The van der Waals surface area contributed by atoms with Gasteiger partial charge in [-0.3, -0.25) is 0 Å². The zero-order valence-electron chi connectivity index (χ0n) is 14.3. The molecule has 0 aliphatic carbocycles. The van der Waals surface area contributed by atoms with E-state index in [9.17, 15) is 0 Å². The van der Waals surface area contributed by atoms with E-state index < -0.39 is 0 Å². The third-order valence-corrected chi connectivity index (χ3v) is 3.89. The van der Waals surface area contributed by atoms with Gasteiger partial charge in [0.2, 0.25) is 0 Å². The molecule has 0 radical (unpaired) electrons. The van der Waals surface area contributed by atoms with Crippen LogP contribution in [0, 0.1) is 11.8 Å². The second-order valence-corrected chi connectivity index (χ2v) is 7.99. The molecule has 0 saturated carbocycles. The van der Waals surface area contributed by atoms with Crippen LogP contribution in [-0.2, 0) is 0 Å². The normalized spacial score (nSPS) is 22.3. The Balaban J connectivity index is 1.97. The number of rotatable bonds is 2. The molecule has 0 spiro atoms. The van der Waals surface area contributed by atoms with Crippen molar-refractivity contribution in [1.82, 2.24) is 10.3 Å². The highest BCUT2D eigenvalue weighted by Crippen LogP contribution is 2.25. The van der Waals surface area contributed by atoms with Crippen molar-refractivity contribution in [3.63, 3.8) is 0 Å². The number of nitrogens with one attached hydrogen (secondary N) is 2. The topological polar surface area (TPSA) is 40.2 Å². The zero-order chi connectivity index (χ0) is 16.3. The van der Waals surface area contributed by atoms with Crippen molar-refractivity contribution in [3.05, 3.63) is 18.3 Å². The van der Waals surface area contributed by atoms with E-state index in [0.29, 0.717) is 5.11 Å². The summed E-state index contributed by atoms with van der Waals surface area (Å²) in [4.78, 5) is 6.98. The average molecular weight is 321 g/mol. The van der Waals surface area contributed by atoms with Crippen LogP contribution in [0.2, 0.25) is 0 Å². The fourth-order valence-corrected chi connectivity index (χ4v) is 3.42. The zero-order valence-corrected chi connectivity index (χ0v) is 15.1. The summed E-state index contributed by atoms with van der Waals surface area (Å²) in [5.74, 6) is 2.51. The van der Waals surface area contributed by atoms with Crippen LogP contribution in [-0.4, -0.2) is 28.7 Å². The van der Waals surface area contributed by atoms with E-state index in [1.165, 1.54) is 6.42 Å². The lowest BCUT2D eigenvalue weighted by Crippen LogP contribution is -2.43. The number of aromatic nitrogens is 1. The Morgan fingerprint density at radius 3 is 2.36 bits per heavy atom. The predicted octanol–water partition coefficient (Wildman–Crippen LogP) is 3.65. The summed E-state index contributed by atoms with van der Waals surface area (Å²) in [6, 6.07) is 4.12. The number of hydrogen-bond acceptors (Lipinski definition) is 3. The van der Waals surface area contributed by atoms with Gasteiger partial charge in [0.1, 0.15) is 5.82 Å². The molecule has 5 heteroatoms. The number of nitrogens with zero attached hydrogens (tertiary/aromatic N) is 2. The van der Waals surface area contributed by atoms with E-state index in [1.807, 2.05) is 12.3 Å². The molecular formula is C17H28N4S. The van der Waals surface area contributed by atoms with Crippen molar-refractivity contribution in [2.75, 3.05) is 23.3 Å². The summed E-state index contributed by atoms with van der Waals surface area (Å²) in [5.41, 5.74) is 0.876. The molecule has 1 aromatic heterocycles. The van der Waals surface area contributed by atoms with Crippen LogP contribution in [0.1, 0.15) is 41.0 Å². The Kier molecular flexibility index (Phi) is 5.27. The van der Waals surface area contributed by atoms with Crippen molar-refractivity contribution in [1.29, 1.82) is 0 Å². The first kappa shape index (κ1) is 17.0. The predicted molar refractivity (Wildman–Crippen MR) is 98.5 cm³/mol. The highest BCUT2D eigenvalue weighted by atomic mass is 32.1. The highest BCUT2D eigenvalue weighted by molar-refractivity contribution is 7.80. The van der Waals surface area contributed by atoms with Crippen molar-refractivity contribution in [3.8, 4) is 0 Å². The van der Waals surface area contributed by atoms with E-state index in [0.717, 1.165) is 36.4 Å². The molecule has 22 heavy (non-hydrogen) atoms. The lowest BCUT2D eigenvalue weighted by Gasteiger charge is -2.35. The molecule has 1 aromatic rings. The molecule has 0 unspecified atom stereocenters. The van der Waals surface area contributed by atoms with Crippen LogP contribution < -0.4 is 15.5 Å². The van der Waals surface area contributed by atoms with E-state index in [-0.39, 0.29) is 5.54 Å². The van der Waals surface area contributed by atoms with Gasteiger partial charge in [0.05, 0.1) is 11.9 Å². The molecule has 1 saturated heterocycles. The molecule has 2 rings (SSSR count). The maximum Gasteiger partial charge on any atom is 0.171 e. The van der Waals surface area contributed by atoms with Crippen LogP contribution in [0.5, 0.6) is 0 Å². The van der Waals surface area contributed by atoms with Gasteiger partial charge in [0.25, 0.3) is 0 Å². The van der Waals surface area contributed by atoms with Crippen LogP contribution >= 0.6 is 12.2 Å². The smallest absolute Gasteiger partial charge is 0.171 e. The summed E-state index contributed by atoms with van der Waals surface area (Å²) < 4.78 is 0. The Bertz CT molecular complexity index is 496. The molecule has 122 valence electrons. The third-order valence-electron chi connectivity index (χ3n) is 3.69. The van der Waals surface area contributed by atoms with Gasteiger partial charge in [-0.1, -0.05) is 13.8 Å². The van der Waals surface area contributed by atoms with Crippen molar-refractivity contribution < 1.29 is 0 Å². The monoisotopic (exact) mass is 320 g/mol. The van der Waals surface area contributed by atoms with E-state index in [4.69, 9.17) is 12.2 Å². The molecule has 0 amide bonds. The number of pyridine rings is 1. The first-order valence-electron chi connectivity index (χ1n) is 8.03. The first-order valence-corrected chi connectivity index (χ1v) is 8.44. The molecular weight excluding hydrogens is 292 g/mol. The van der Waals surface area contributed by atoms with Crippen LogP contribution in [0.4, 0.5) is 11.5 Å². The number of hydrogen-bond donors (Lipinski definition) is 2. The van der Waals surface area contributed by atoms with Gasteiger partial charge in [-0.15, -0.1) is 0 Å². The maximum atomic E-state index is 5.31. The van der Waals surface area contributed by atoms with Gasteiger partial charge in [-0.25, -0.2) is 4.98 Å². The summed E-state index contributed by atoms with van der Waals surface area (Å²) in [6.45, 7) is 13.1. The Morgan fingerprint density at radius 2 is 1.86 bits per heavy atom. The molecule has 1 fully saturated rings. The van der Waals surface area contributed by atoms with Crippen molar-refractivity contribution in [2.45, 2.75) is 46.6 Å². The van der Waals surface area contributed by atoms with Gasteiger partial charge in [0.15, 0.2) is 5.11 Å². The van der Waals surface area contributed by atoms with E-state index >= 15 is 0 Å². The van der Waals surface area contributed by atoms with Crippen LogP contribution in [0.3, 0.4) is 0 Å². The van der Waals surface area contributed by atoms with Crippen LogP contribution in [0.15, 0.2) is 18.3 Å². The van der Waals surface area contributed by atoms with Gasteiger partial charge in [0, 0.05) is 18.6 Å². The quantitative estimate of drug-likeness (QED) is 0.814. The minimum Gasteiger partial charge on any atom is -0.358 e. The lowest BCUT2D eigenvalue weighted by atomic mass is 9.92. The number of thiocarbonyl (C=S) groups is 1. The van der Waals surface area contributed by atoms with E-state index in [2.05, 4.69) is 61.2 Å². The van der Waals surface area contributed by atoms with E-state index in [1.54, 1.807) is 0 Å². The Labute approximate surface area is 139 Å². The maximum absolute atomic E-state index is 5.31. The van der Waals surface area contributed by atoms with Crippen molar-refractivity contribution in [2.24, 2.45) is 11.8 Å². The minimum absolute atomic E-state index is 0.0441. The second-order valence-electron chi connectivity index (χ2n) is 7.59.